The van der Waals surface area contributed by atoms with Gasteiger partial charge in [-0.25, -0.2) is 4.99 Å². The van der Waals surface area contributed by atoms with Gasteiger partial charge >= 0.3 is 0 Å². The zero-order valence-electron chi connectivity index (χ0n) is 17.9. The molecule has 0 bridgehead atoms. The third kappa shape index (κ3) is 7.05. The Morgan fingerprint density at radius 2 is 1.73 bits per heavy atom. The second kappa shape index (κ2) is 12.2. The summed E-state index contributed by atoms with van der Waals surface area (Å²) in [5.41, 5.74) is 4.87. The van der Waals surface area contributed by atoms with E-state index in [9.17, 15) is 0 Å². The lowest BCUT2D eigenvalue weighted by Gasteiger charge is -2.15. The summed E-state index contributed by atoms with van der Waals surface area (Å²) in [4.78, 5) is 6.84. The van der Waals surface area contributed by atoms with Gasteiger partial charge in [0.25, 0.3) is 0 Å². The molecule has 160 valence electrons. The predicted molar refractivity (Wildman–Crippen MR) is 136 cm³/mol. The SMILES string of the molecule is CCNC(=NCc1ccc(N(C)C)cc1)NCc1ccccc1Cn1cccn1.I. The zero-order valence-corrected chi connectivity index (χ0v) is 20.2. The maximum absolute atomic E-state index is 4.74. The highest BCUT2D eigenvalue weighted by Crippen LogP contribution is 2.13. The van der Waals surface area contributed by atoms with E-state index < -0.39 is 0 Å². The van der Waals surface area contributed by atoms with E-state index >= 15 is 0 Å². The standard InChI is InChI=1S/C23H30N6.HI/c1-4-24-23(25-16-19-10-12-22(13-11-19)28(2)3)26-17-20-8-5-6-9-21(20)18-29-15-7-14-27-29;/h5-15H,4,16-18H2,1-3H3,(H2,24,25,26);1H. The second-order valence-electron chi connectivity index (χ2n) is 7.08. The summed E-state index contributed by atoms with van der Waals surface area (Å²) in [6, 6.07) is 18.9. The van der Waals surface area contributed by atoms with Crippen LogP contribution in [0.15, 0.2) is 72.0 Å². The van der Waals surface area contributed by atoms with E-state index in [0.29, 0.717) is 13.1 Å². The van der Waals surface area contributed by atoms with Crippen LogP contribution in [-0.4, -0.2) is 36.4 Å². The molecule has 0 fully saturated rings. The summed E-state index contributed by atoms with van der Waals surface area (Å²) in [5.74, 6) is 0.818. The number of nitrogens with zero attached hydrogens (tertiary/aromatic N) is 4. The van der Waals surface area contributed by atoms with Gasteiger partial charge in [-0.1, -0.05) is 36.4 Å². The molecule has 1 aromatic heterocycles. The highest BCUT2D eigenvalue weighted by atomic mass is 127. The van der Waals surface area contributed by atoms with Gasteiger partial charge in [-0.15, -0.1) is 24.0 Å². The van der Waals surface area contributed by atoms with Crippen LogP contribution in [0, 0.1) is 0 Å². The van der Waals surface area contributed by atoms with Gasteiger partial charge in [0, 0.05) is 45.3 Å². The number of nitrogens with one attached hydrogen (secondary N) is 2. The number of anilines is 1. The van der Waals surface area contributed by atoms with E-state index in [-0.39, 0.29) is 24.0 Å². The first-order valence-electron chi connectivity index (χ1n) is 9.98. The quantitative estimate of drug-likeness (QED) is 0.270. The average Bonchev–Trinajstić information content (AvgIpc) is 3.24. The molecule has 2 N–H and O–H groups in total. The molecule has 1 heterocycles. The topological polar surface area (TPSA) is 57.5 Å². The van der Waals surface area contributed by atoms with Crippen LogP contribution < -0.4 is 15.5 Å². The van der Waals surface area contributed by atoms with E-state index in [0.717, 1.165) is 19.0 Å². The smallest absolute Gasteiger partial charge is 0.191 e. The van der Waals surface area contributed by atoms with Crippen molar-refractivity contribution in [3.63, 3.8) is 0 Å². The highest BCUT2D eigenvalue weighted by molar-refractivity contribution is 14.0. The summed E-state index contributed by atoms with van der Waals surface area (Å²) in [6.07, 6.45) is 3.79. The second-order valence-corrected chi connectivity index (χ2v) is 7.08. The lowest BCUT2D eigenvalue weighted by Crippen LogP contribution is -2.37. The molecule has 3 aromatic rings. The Balaban J connectivity index is 0.00000320. The van der Waals surface area contributed by atoms with Crippen molar-refractivity contribution in [1.82, 2.24) is 20.4 Å². The van der Waals surface area contributed by atoms with Crippen LogP contribution in [0.25, 0.3) is 0 Å². The Bertz CT molecular complexity index is 904. The number of rotatable bonds is 8. The minimum Gasteiger partial charge on any atom is -0.378 e. The van der Waals surface area contributed by atoms with Crippen LogP contribution in [0.4, 0.5) is 5.69 Å². The molecule has 0 aliphatic rings. The first kappa shape index (κ1) is 23.7. The van der Waals surface area contributed by atoms with Gasteiger partial charge < -0.3 is 15.5 Å². The van der Waals surface area contributed by atoms with Gasteiger partial charge in [0.05, 0.1) is 13.1 Å². The third-order valence-corrected chi connectivity index (χ3v) is 4.67. The van der Waals surface area contributed by atoms with Crippen LogP contribution in [0.1, 0.15) is 23.6 Å². The van der Waals surface area contributed by atoms with Crippen molar-refractivity contribution in [2.45, 2.75) is 26.6 Å². The Morgan fingerprint density at radius 3 is 2.37 bits per heavy atom. The molecule has 0 saturated heterocycles. The molecule has 6 nitrogen and oxygen atoms in total. The summed E-state index contributed by atoms with van der Waals surface area (Å²) in [7, 11) is 4.09. The molecule has 30 heavy (non-hydrogen) atoms. The Labute approximate surface area is 196 Å². The minimum atomic E-state index is 0. The Hall–Kier alpha value is -2.55. The van der Waals surface area contributed by atoms with Crippen molar-refractivity contribution in [3.05, 3.63) is 83.7 Å². The molecule has 0 saturated carbocycles. The molecule has 0 amide bonds. The van der Waals surface area contributed by atoms with Crippen LogP contribution in [0.5, 0.6) is 0 Å². The van der Waals surface area contributed by atoms with Gasteiger partial charge in [0.1, 0.15) is 0 Å². The van der Waals surface area contributed by atoms with Crippen LogP contribution in [0.2, 0.25) is 0 Å². The van der Waals surface area contributed by atoms with E-state index in [1.807, 2.05) is 37.2 Å². The third-order valence-electron chi connectivity index (χ3n) is 4.67. The fourth-order valence-corrected chi connectivity index (χ4v) is 3.04. The summed E-state index contributed by atoms with van der Waals surface area (Å²) in [6.45, 7) is 5.01. The van der Waals surface area contributed by atoms with Crippen molar-refractivity contribution in [1.29, 1.82) is 0 Å². The summed E-state index contributed by atoms with van der Waals surface area (Å²) >= 11 is 0. The van der Waals surface area contributed by atoms with E-state index in [1.165, 1.54) is 22.4 Å². The molecule has 0 spiro atoms. The van der Waals surface area contributed by atoms with Crippen molar-refractivity contribution >= 4 is 35.6 Å². The molecule has 0 radical (unpaired) electrons. The number of halogens is 1. The van der Waals surface area contributed by atoms with Crippen LogP contribution >= 0.6 is 24.0 Å². The number of aliphatic imine (C=N–C) groups is 1. The van der Waals surface area contributed by atoms with Gasteiger partial charge in [0.2, 0.25) is 0 Å². The number of guanidine groups is 1. The maximum Gasteiger partial charge on any atom is 0.191 e. The van der Waals surface area contributed by atoms with E-state index in [4.69, 9.17) is 4.99 Å². The van der Waals surface area contributed by atoms with Crippen LogP contribution in [0.3, 0.4) is 0 Å². The number of hydrogen-bond donors (Lipinski definition) is 2. The van der Waals surface area contributed by atoms with Crippen molar-refractivity contribution < 1.29 is 0 Å². The molecule has 7 heteroatoms. The Morgan fingerprint density at radius 1 is 1.00 bits per heavy atom. The molecule has 0 unspecified atom stereocenters. The Kier molecular flexibility index (Phi) is 9.66. The van der Waals surface area contributed by atoms with Gasteiger partial charge in [-0.2, -0.15) is 5.10 Å². The van der Waals surface area contributed by atoms with E-state index in [1.54, 1.807) is 0 Å². The molecule has 3 rings (SSSR count). The zero-order chi connectivity index (χ0) is 20.5. The van der Waals surface area contributed by atoms with Gasteiger partial charge in [-0.05, 0) is 41.8 Å². The number of hydrogen-bond acceptors (Lipinski definition) is 3. The van der Waals surface area contributed by atoms with Crippen LogP contribution in [-0.2, 0) is 19.6 Å². The molecular formula is C23H31IN6. The van der Waals surface area contributed by atoms with Crippen molar-refractivity contribution in [2.75, 3.05) is 25.5 Å². The average molecular weight is 518 g/mol. The lowest BCUT2D eigenvalue weighted by molar-refractivity contribution is 0.677. The van der Waals surface area contributed by atoms with Crippen molar-refractivity contribution in [2.24, 2.45) is 4.99 Å². The molecule has 0 aliphatic heterocycles. The molecule has 0 atom stereocenters. The summed E-state index contributed by atoms with van der Waals surface area (Å²) < 4.78 is 1.94. The first-order valence-corrected chi connectivity index (χ1v) is 9.98. The highest BCUT2D eigenvalue weighted by Gasteiger charge is 2.05. The number of benzene rings is 2. The number of aromatic nitrogens is 2. The largest absolute Gasteiger partial charge is 0.378 e. The maximum atomic E-state index is 4.74. The predicted octanol–water partition coefficient (Wildman–Crippen LogP) is 3.87. The molecular weight excluding hydrogens is 487 g/mol. The lowest BCUT2D eigenvalue weighted by atomic mass is 10.1. The molecule has 0 aliphatic carbocycles. The van der Waals surface area contributed by atoms with Crippen molar-refractivity contribution in [3.8, 4) is 0 Å². The normalized spacial score (nSPS) is 11.0. The van der Waals surface area contributed by atoms with Gasteiger partial charge in [0.15, 0.2) is 5.96 Å². The summed E-state index contributed by atoms with van der Waals surface area (Å²) in [5, 5.41) is 11.1. The minimum absolute atomic E-state index is 0. The van der Waals surface area contributed by atoms with E-state index in [2.05, 4.69) is 76.1 Å². The van der Waals surface area contributed by atoms with Gasteiger partial charge in [-0.3, -0.25) is 4.68 Å². The first-order chi connectivity index (χ1) is 14.2. The fourth-order valence-electron chi connectivity index (χ4n) is 3.04. The monoisotopic (exact) mass is 518 g/mol. The fraction of sp³-hybridized carbons (Fsp3) is 0.304. The molecule has 2 aromatic carbocycles.